The Morgan fingerprint density at radius 2 is 2.00 bits per heavy atom. The summed E-state index contributed by atoms with van der Waals surface area (Å²) >= 11 is 1.52. The number of thiophene rings is 1. The van der Waals surface area contributed by atoms with Gasteiger partial charge in [-0.25, -0.2) is 9.37 Å². The maximum absolute atomic E-state index is 13.4. The molecule has 0 radical (unpaired) electrons. The Balaban J connectivity index is 1.48. The van der Waals surface area contributed by atoms with Crippen molar-refractivity contribution in [3.8, 4) is 0 Å². The molecule has 0 spiro atoms. The number of anilines is 1. The van der Waals surface area contributed by atoms with Gasteiger partial charge >= 0.3 is 0 Å². The molecule has 4 rings (SSSR count). The number of hydrogen-bond acceptors (Lipinski definition) is 7. The number of nitrogens with zero attached hydrogens (tertiary/aromatic N) is 4. The van der Waals surface area contributed by atoms with Gasteiger partial charge in [0.15, 0.2) is 0 Å². The van der Waals surface area contributed by atoms with E-state index in [9.17, 15) is 19.3 Å². The van der Waals surface area contributed by atoms with Gasteiger partial charge in [0, 0.05) is 31.1 Å². The quantitative estimate of drug-likeness (QED) is 0.518. The number of halogens is 1. The second kappa shape index (κ2) is 7.53. The third-order valence-electron chi connectivity index (χ3n) is 5.31. The number of nitrogens with one attached hydrogen (secondary N) is 1. The van der Waals surface area contributed by atoms with Crippen LogP contribution in [0.15, 0.2) is 23.0 Å². The number of benzene rings is 1. The molecule has 0 saturated carbocycles. The summed E-state index contributed by atoms with van der Waals surface area (Å²) in [5, 5.41) is 11.9. The van der Waals surface area contributed by atoms with Gasteiger partial charge in [-0.1, -0.05) is 0 Å². The molecule has 1 N–H and O–H groups in total. The van der Waals surface area contributed by atoms with Gasteiger partial charge in [0.05, 0.1) is 22.9 Å². The van der Waals surface area contributed by atoms with Gasteiger partial charge < -0.3 is 9.88 Å². The first kappa shape index (κ1) is 19.5. The van der Waals surface area contributed by atoms with Crippen LogP contribution in [0.2, 0.25) is 0 Å². The largest absolute Gasteiger partial charge is 0.363 e. The van der Waals surface area contributed by atoms with Gasteiger partial charge in [0.2, 0.25) is 0 Å². The summed E-state index contributed by atoms with van der Waals surface area (Å²) < 4.78 is 13.4. The average Bonchev–Trinajstić information content (AvgIpc) is 2.96. The van der Waals surface area contributed by atoms with Crippen LogP contribution >= 0.6 is 11.3 Å². The minimum Gasteiger partial charge on any atom is -0.363 e. The number of aromatic amines is 1. The molecule has 29 heavy (non-hydrogen) atoms. The molecular formula is C19H20FN5O3S. The molecule has 8 nitrogen and oxygen atoms in total. The van der Waals surface area contributed by atoms with Gasteiger partial charge in [-0.3, -0.25) is 19.8 Å². The Kier molecular flexibility index (Phi) is 5.05. The van der Waals surface area contributed by atoms with Crippen molar-refractivity contribution in [2.24, 2.45) is 0 Å². The van der Waals surface area contributed by atoms with Gasteiger partial charge in [-0.15, -0.1) is 11.3 Å². The highest BCUT2D eigenvalue weighted by Gasteiger charge is 2.25. The van der Waals surface area contributed by atoms with E-state index in [2.05, 4.69) is 14.9 Å². The summed E-state index contributed by atoms with van der Waals surface area (Å²) in [6.07, 6.45) is 0. The predicted octanol–water partition coefficient (Wildman–Crippen LogP) is 2.97. The van der Waals surface area contributed by atoms with Gasteiger partial charge in [0.1, 0.15) is 22.2 Å². The maximum atomic E-state index is 13.4. The van der Waals surface area contributed by atoms with Crippen LogP contribution in [-0.4, -0.2) is 46.0 Å². The molecule has 0 unspecified atom stereocenters. The number of aromatic nitrogens is 2. The van der Waals surface area contributed by atoms with Crippen molar-refractivity contribution in [3.63, 3.8) is 0 Å². The lowest BCUT2D eigenvalue weighted by Gasteiger charge is -2.35. The maximum Gasteiger partial charge on any atom is 0.295 e. The molecule has 2 aromatic heterocycles. The first-order chi connectivity index (χ1) is 13.8. The van der Waals surface area contributed by atoms with Crippen LogP contribution in [0.25, 0.3) is 10.2 Å². The molecule has 0 bridgehead atoms. The van der Waals surface area contributed by atoms with E-state index in [-0.39, 0.29) is 11.2 Å². The van der Waals surface area contributed by atoms with E-state index < -0.39 is 10.7 Å². The predicted molar refractivity (Wildman–Crippen MR) is 110 cm³/mol. The topological polar surface area (TPSA) is 95.4 Å². The second-order valence-electron chi connectivity index (χ2n) is 7.13. The van der Waals surface area contributed by atoms with E-state index in [1.807, 2.05) is 18.7 Å². The summed E-state index contributed by atoms with van der Waals surface area (Å²) in [4.78, 5) is 36.5. The van der Waals surface area contributed by atoms with Crippen LogP contribution in [0.4, 0.5) is 15.8 Å². The summed E-state index contributed by atoms with van der Waals surface area (Å²) in [6, 6.07) is 3.65. The number of aryl methyl sites for hydroxylation is 2. The van der Waals surface area contributed by atoms with Crippen LogP contribution in [0.1, 0.15) is 16.3 Å². The van der Waals surface area contributed by atoms with Crippen LogP contribution in [-0.2, 0) is 6.54 Å². The van der Waals surface area contributed by atoms with E-state index in [0.717, 1.165) is 21.3 Å². The number of nitro benzene ring substituents is 1. The molecule has 0 atom stereocenters. The zero-order chi connectivity index (χ0) is 20.7. The van der Waals surface area contributed by atoms with E-state index in [1.165, 1.54) is 23.5 Å². The number of hydrogen-bond donors (Lipinski definition) is 1. The Morgan fingerprint density at radius 3 is 2.69 bits per heavy atom. The molecule has 152 valence electrons. The fraction of sp³-hybridized carbons (Fsp3) is 0.368. The first-order valence-corrected chi connectivity index (χ1v) is 10.1. The third kappa shape index (κ3) is 3.73. The molecule has 3 aromatic rings. The van der Waals surface area contributed by atoms with E-state index in [4.69, 9.17) is 0 Å². The Bertz CT molecular complexity index is 1150. The van der Waals surface area contributed by atoms with Crippen molar-refractivity contribution >= 4 is 32.9 Å². The van der Waals surface area contributed by atoms with Crippen molar-refractivity contribution in [2.75, 3.05) is 31.1 Å². The fourth-order valence-electron chi connectivity index (χ4n) is 3.64. The molecule has 1 aliphatic rings. The first-order valence-electron chi connectivity index (χ1n) is 9.23. The highest BCUT2D eigenvalue weighted by molar-refractivity contribution is 7.18. The molecule has 3 heterocycles. The summed E-state index contributed by atoms with van der Waals surface area (Å²) in [6.45, 7) is 6.84. The molecule has 10 heteroatoms. The van der Waals surface area contributed by atoms with E-state index >= 15 is 0 Å². The Morgan fingerprint density at radius 1 is 1.28 bits per heavy atom. The monoisotopic (exact) mass is 417 g/mol. The van der Waals surface area contributed by atoms with Crippen LogP contribution in [0.3, 0.4) is 0 Å². The SMILES string of the molecule is Cc1sc2nc(CN3CCN(c4ccc(F)cc4[N+](=O)[O-])CC3)[nH]c(=O)c2c1C. The average molecular weight is 417 g/mol. The van der Waals surface area contributed by atoms with Crippen molar-refractivity contribution in [2.45, 2.75) is 20.4 Å². The standard InChI is InChI=1S/C19H20FN5O3S/c1-11-12(2)29-19-17(11)18(26)21-16(22-19)10-23-5-7-24(8-6-23)14-4-3-13(20)9-15(14)25(27)28/h3-4,9H,5-8,10H2,1-2H3,(H,21,22,26). The molecule has 1 saturated heterocycles. The number of rotatable bonds is 4. The summed E-state index contributed by atoms with van der Waals surface area (Å²) in [5.74, 6) is -0.00600. The summed E-state index contributed by atoms with van der Waals surface area (Å²) in [5.41, 5.74) is 1.05. The molecule has 1 fully saturated rings. The van der Waals surface area contributed by atoms with Crippen molar-refractivity contribution in [1.29, 1.82) is 0 Å². The lowest BCUT2D eigenvalue weighted by atomic mass is 10.2. The summed E-state index contributed by atoms with van der Waals surface area (Å²) in [7, 11) is 0. The Hall–Kier alpha value is -2.85. The highest BCUT2D eigenvalue weighted by Crippen LogP contribution is 2.30. The Labute approximate surface area is 169 Å². The van der Waals surface area contributed by atoms with Crippen molar-refractivity contribution < 1.29 is 9.31 Å². The number of fused-ring (bicyclic) bond motifs is 1. The van der Waals surface area contributed by atoms with Crippen LogP contribution in [0, 0.1) is 29.8 Å². The number of nitro groups is 1. The highest BCUT2D eigenvalue weighted by atomic mass is 32.1. The molecule has 1 aliphatic heterocycles. The van der Waals surface area contributed by atoms with Gasteiger partial charge in [0.25, 0.3) is 11.2 Å². The lowest BCUT2D eigenvalue weighted by Crippen LogP contribution is -2.46. The molecule has 0 aliphatic carbocycles. The fourth-order valence-corrected chi connectivity index (χ4v) is 4.69. The molecule has 1 aromatic carbocycles. The van der Waals surface area contributed by atoms with Crippen LogP contribution in [0.5, 0.6) is 0 Å². The lowest BCUT2D eigenvalue weighted by molar-refractivity contribution is -0.384. The number of piperazine rings is 1. The van der Waals surface area contributed by atoms with E-state index in [1.54, 1.807) is 0 Å². The van der Waals surface area contributed by atoms with Crippen molar-refractivity contribution in [3.05, 3.63) is 60.7 Å². The normalized spacial score (nSPS) is 15.2. The van der Waals surface area contributed by atoms with Crippen molar-refractivity contribution in [1.82, 2.24) is 14.9 Å². The zero-order valence-corrected chi connectivity index (χ0v) is 16.9. The molecular weight excluding hydrogens is 397 g/mol. The molecule has 0 amide bonds. The van der Waals surface area contributed by atoms with Crippen LogP contribution < -0.4 is 10.5 Å². The minimum absolute atomic E-state index is 0.118. The van der Waals surface area contributed by atoms with Gasteiger partial charge in [-0.2, -0.15) is 0 Å². The van der Waals surface area contributed by atoms with Gasteiger partial charge in [-0.05, 0) is 31.5 Å². The minimum atomic E-state index is -0.622. The number of H-pyrrole nitrogens is 1. The third-order valence-corrected chi connectivity index (χ3v) is 6.41. The second-order valence-corrected chi connectivity index (χ2v) is 8.33. The van der Waals surface area contributed by atoms with E-state index in [0.29, 0.717) is 49.6 Å². The smallest absolute Gasteiger partial charge is 0.295 e. The zero-order valence-electron chi connectivity index (χ0n) is 16.1.